The Morgan fingerprint density at radius 1 is 1.50 bits per heavy atom. The minimum Gasteiger partial charge on any atom is -0.465 e. The highest BCUT2D eigenvalue weighted by atomic mass is 16.5. The van der Waals surface area contributed by atoms with E-state index in [1.807, 2.05) is 0 Å². The molecule has 2 rings (SSSR count). The molecule has 0 bridgehead atoms. The van der Waals surface area contributed by atoms with E-state index in [0.717, 1.165) is 13.0 Å². The SMILES string of the molecule is CCCn1cc(Oc2nccc(C(=O)OC)c2N)cn1. The molecule has 7 nitrogen and oxygen atoms in total. The van der Waals surface area contributed by atoms with Crippen LogP contribution in [0.3, 0.4) is 0 Å². The van der Waals surface area contributed by atoms with Crippen molar-refractivity contribution in [3.8, 4) is 11.6 Å². The highest BCUT2D eigenvalue weighted by molar-refractivity contribution is 5.96. The topological polar surface area (TPSA) is 92.3 Å². The first-order valence-corrected chi connectivity index (χ1v) is 6.18. The number of pyridine rings is 1. The molecule has 0 radical (unpaired) electrons. The number of aromatic nitrogens is 3. The molecule has 0 aliphatic heterocycles. The standard InChI is InChI=1S/C13H16N4O3/c1-3-6-17-8-9(7-16-17)20-12-11(14)10(4-5-15-12)13(18)19-2/h4-5,7-8H,3,6,14H2,1-2H3. The van der Waals surface area contributed by atoms with E-state index in [-0.39, 0.29) is 17.1 Å². The molecule has 0 aromatic carbocycles. The zero-order chi connectivity index (χ0) is 14.5. The van der Waals surface area contributed by atoms with Crippen molar-refractivity contribution in [1.82, 2.24) is 14.8 Å². The molecule has 2 N–H and O–H groups in total. The van der Waals surface area contributed by atoms with Crippen molar-refractivity contribution >= 4 is 11.7 Å². The normalized spacial score (nSPS) is 10.3. The lowest BCUT2D eigenvalue weighted by atomic mass is 10.2. The second kappa shape index (κ2) is 6.05. The molecule has 0 aliphatic carbocycles. The van der Waals surface area contributed by atoms with E-state index in [0.29, 0.717) is 5.75 Å². The Kier molecular flexibility index (Phi) is 4.19. The second-order valence-electron chi connectivity index (χ2n) is 4.11. The predicted molar refractivity (Wildman–Crippen MR) is 72.6 cm³/mol. The van der Waals surface area contributed by atoms with Crippen LogP contribution in [0.4, 0.5) is 5.69 Å². The largest absolute Gasteiger partial charge is 0.465 e. The molecule has 0 saturated heterocycles. The minimum absolute atomic E-state index is 0.141. The van der Waals surface area contributed by atoms with Gasteiger partial charge in [-0.3, -0.25) is 4.68 Å². The molecule has 0 amide bonds. The van der Waals surface area contributed by atoms with E-state index < -0.39 is 5.97 Å². The van der Waals surface area contributed by atoms with E-state index in [2.05, 4.69) is 21.7 Å². The summed E-state index contributed by atoms with van der Waals surface area (Å²) >= 11 is 0. The first kappa shape index (κ1) is 13.9. The van der Waals surface area contributed by atoms with Crippen molar-refractivity contribution in [1.29, 1.82) is 0 Å². The minimum atomic E-state index is -0.531. The number of aryl methyl sites for hydroxylation is 1. The van der Waals surface area contributed by atoms with Crippen LogP contribution in [0.2, 0.25) is 0 Å². The van der Waals surface area contributed by atoms with Gasteiger partial charge in [-0.25, -0.2) is 9.78 Å². The van der Waals surface area contributed by atoms with Crippen LogP contribution >= 0.6 is 0 Å². The number of methoxy groups -OCH3 is 1. The fourth-order valence-corrected chi connectivity index (χ4v) is 1.68. The number of esters is 1. The number of rotatable bonds is 5. The highest BCUT2D eigenvalue weighted by Crippen LogP contribution is 2.27. The summed E-state index contributed by atoms with van der Waals surface area (Å²) in [6.45, 7) is 2.86. The molecule has 7 heteroatoms. The van der Waals surface area contributed by atoms with E-state index in [4.69, 9.17) is 10.5 Å². The van der Waals surface area contributed by atoms with Gasteiger partial charge in [0.25, 0.3) is 0 Å². The third kappa shape index (κ3) is 2.87. The third-order valence-electron chi connectivity index (χ3n) is 2.64. The molecule has 0 atom stereocenters. The van der Waals surface area contributed by atoms with Gasteiger partial charge in [-0.15, -0.1) is 0 Å². The van der Waals surface area contributed by atoms with Crippen LogP contribution in [0, 0.1) is 0 Å². The van der Waals surface area contributed by atoms with Crippen LogP contribution in [0.15, 0.2) is 24.7 Å². The Morgan fingerprint density at radius 3 is 3.00 bits per heavy atom. The van der Waals surface area contributed by atoms with Crippen LogP contribution in [0.1, 0.15) is 23.7 Å². The number of nitrogens with two attached hydrogens (primary N) is 1. The summed E-state index contributed by atoms with van der Waals surface area (Å²) in [5.41, 5.74) is 6.22. The zero-order valence-electron chi connectivity index (χ0n) is 11.4. The molecule has 2 heterocycles. The maximum absolute atomic E-state index is 11.5. The molecule has 106 valence electrons. The first-order chi connectivity index (χ1) is 9.65. The molecule has 0 fully saturated rings. The number of anilines is 1. The molecule has 0 saturated carbocycles. The van der Waals surface area contributed by atoms with E-state index in [9.17, 15) is 4.79 Å². The van der Waals surface area contributed by atoms with Crippen LogP contribution in [-0.4, -0.2) is 27.8 Å². The molecular formula is C13H16N4O3. The maximum atomic E-state index is 11.5. The monoisotopic (exact) mass is 276 g/mol. The van der Waals surface area contributed by atoms with Gasteiger partial charge in [0, 0.05) is 12.7 Å². The van der Waals surface area contributed by atoms with Gasteiger partial charge in [-0.05, 0) is 12.5 Å². The summed E-state index contributed by atoms with van der Waals surface area (Å²) in [6.07, 6.45) is 5.73. The predicted octanol–water partition coefficient (Wildman–Crippen LogP) is 1.85. The number of hydrogen-bond donors (Lipinski definition) is 1. The zero-order valence-corrected chi connectivity index (χ0v) is 11.4. The lowest BCUT2D eigenvalue weighted by Gasteiger charge is -2.08. The summed E-state index contributed by atoms with van der Waals surface area (Å²) in [5, 5.41) is 4.14. The second-order valence-corrected chi connectivity index (χ2v) is 4.11. The van der Waals surface area contributed by atoms with Crippen molar-refractivity contribution < 1.29 is 14.3 Å². The fourth-order valence-electron chi connectivity index (χ4n) is 1.68. The van der Waals surface area contributed by atoms with E-state index >= 15 is 0 Å². The fraction of sp³-hybridized carbons (Fsp3) is 0.308. The van der Waals surface area contributed by atoms with Gasteiger partial charge in [0.2, 0.25) is 5.88 Å². The Hall–Kier alpha value is -2.57. The Bertz CT molecular complexity index is 609. The van der Waals surface area contributed by atoms with Gasteiger partial charge >= 0.3 is 5.97 Å². The van der Waals surface area contributed by atoms with Crippen LogP contribution in [0.25, 0.3) is 0 Å². The molecule has 0 spiro atoms. The number of hydrogen-bond acceptors (Lipinski definition) is 6. The molecule has 2 aromatic heterocycles. The lowest BCUT2D eigenvalue weighted by molar-refractivity contribution is 0.0601. The summed E-state index contributed by atoms with van der Waals surface area (Å²) in [4.78, 5) is 15.5. The maximum Gasteiger partial charge on any atom is 0.340 e. The highest BCUT2D eigenvalue weighted by Gasteiger charge is 2.15. The quantitative estimate of drug-likeness (QED) is 0.838. The Labute approximate surface area is 116 Å². The Balaban J connectivity index is 2.22. The average Bonchev–Trinajstić information content (AvgIpc) is 2.88. The summed E-state index contributed by atoms with van der Waals surface area (Å²) in [6, 6.07) is 1.48. The van der Waals surface area contributed by atoms with Gasteiger partial charge in [0.05, 0.1) is 25.1 Å². The van der Waals surface area contributed by atoms with Crippen molar-refractivity contribution in [2.45, 2.75) is 19.9 Å². The van der Waals surface area contributed by atoms with Gasteiger partial charge in [0.1, 0.15) is 5.69 Å². The summed E-state index contributed by atoms with van der Waals surface area (Å²) in [7, 11) is 1.29. The van der Waals surface area contributed by atoms with Crippen molar-refractivity contribution in [3.63, 3.8) is 0 Å². The number of nitrogens with zero attached hydrogens (tertiary/aromatic N) is 3. The van der Waals surface area contributed by atoms with E-state index in [1.54, 1.807) is 17.1 Å². The van der Waals surface area contributed by atoms with Crippen LogP contribution in [0.5, 0.6) is 11.6 Å². The van der Waals surface area contributed by atoms with Gasteiger partial charge in [-0.1, -0.05) is 6.92 Å². The molecule has 0 aliphatic rings. The number of ether oxygens (including phenoxy) is 2. The smallest absolute Gasteiger partial charge is 0.340 e. The number of nitrogen functional groups attached to an aromatic ring is 1. The summed E-state index contributed by atoms with van der Waals surface area (Å²) < 4.78 is 11.9. The number of carbonyl (C=O) groups is 1. The van der Waals surface area contributed by atoms with Crippen molar-refractivity contribution in [2.24, 2.45) is 0 Å². The average molecular weight is 276 g/mol. The van der Waals surface area contributed by atoms with Crippen LogP contribution in [-0.2, 0) is 11.3 Å². The van der Waals surface area contributed by atoms with Gasteiger partial charge < -0.3 is 15.2 Å². The van der Waals surface area contributed by atoms with Gasteiger partial charge in [0.15, 0.2) is 5.75 Å². The first-order valence-electron chi connectivity index (χ1n) is 6.18. The molecule has 20 heavy (non-hydrogen) atoms. The van der Waals surface area contributed by atoms with Crippen LogP contribution < -0.4 is 10.5 Å². The molecular weight excluding hydrogens is 260 g/mol. The van der Waals surface area contributed by atoms with E-state index in [1.165, 1.54) is 19.4 Å². The molecule has 2 aromatic rings. The van der Waals surface area contributed by atoms with Gasteiger partial charge in [-0.2, -0.15) is 5.10 Å². The Morgan fingerprint density at radius 2 is 2.30 bits per heavy atom. The lowest BCUT2D eigenvalue weighted by Crippen LogP contribution is -2.07. The van der Waals surface area contributed by atoms with Crippen molar-refractivity contribution in [2.75, 3.05) is 12.8 Å². The van der Waals surface area contributed by atoms with Crippen molar-refractivity contribution in [3.05, 3.63) is 30.2 Å². The summed E-state index contributed by atoms with van der Waals surface area (Å²) in [5.74, 6) is 0.139. The third-order valence-corrected chi connectivity index (χ3v) is 2.64. The number of carbonyl (C=O) groups excluding carboxylic acids is 1. The molecule has 0 unspecified atom stereocenters.